The van der Waals surface area contributed by atoms with Crippen molar-refractivity contribution in [3.63, 3.8) is 0 Å². The maximum Gasteiger partial charge on any atom is 0.263 e. The zero-order chi connectivity index (χ0) is 20.3. The summed E-state index contributed by atoms with van der Waals surface area (Å²) in [5.41, 5.74) is 1.24. The molecule has 1 aliphatic rings. The molecule has 0 radical (unpaired) electrons. The van der Waals surface area contributed by atoms with Crippen molar-refractivity contribution >= 4 is 29.1 Å². The van der Waals surface area contributed by atoms with E-state index in [2.05, 4.69) is 25.9 Å². The van der Waals surface area contributed by atoms with Crippen LogP contribution in [0.5, 0.6) is 5.88 Å². The van der Waals surface area contributed by atoms with Crippen molar-refractivity contribution in [1.29, 1.82) is 0 Å². The van der Waals surface area contributed by atoms with Crippen LogP contribution in [0.3, 0.4) is 0 Å². The molecule has 1 aromatic carbocycles. The number of carbonyl (C=O) groups excluding carboxylic acids is 2. The van der Waals surface area contributed by atoms with Crippen molar-refractivity contribution in [3.8, 4) is 5.88 Å². The first-order valence-electron chi connectivity index (χ1n) is 9.28. The summed E-state index contributed by atoms with van der Waals surface area (Å²) < 4.78 is 5.51. The molecule has 0 bridgehead atoms. The third kappa shape index (κ3) is 4.21. The number of aromatic nitrogens is 2. The fraction of sp³-hybridized carbons (Fsp3) is 0.400. The van der Waals surface area contributed by atoms with Gasteiger partial charge in [0.1, 0.15) is 5.56 Å². The summed E-state index contributed by atoms with van der Waals surface area (Å²) in [6, 6.07) is 7.71. The van der Waals surface area contributed by atoms with Gasteiger partial charge in [-0.1, -0.05) is 19.1 Å². The first kappa shape index (κ1) is 19.6. The van der Waals surface area contributed by atoms with Crippen LogP contribution in [-0.2, 0) is 4.79 Å². The Kier molecular flexibility index (Phi) is 5.48. The number of rotatable bonds is 7. The van der Waals surface area contributed by atoms with Crippen LogP contribution >= 0.6 is 0 Å². The SMILES string of the molecule is CCCC(=O)C(C)(C)Nc1nc(Nc2cccc(C)c2)c2c(n1)OCNC2=O. The van der Waals surface area contributed by atoms with Crippen LogP contribution in [0, 0.1) is 6.92 Å². The minimum atomic E-state index is -0.845. The Bertz CT molecular complexity index is 911. The Labute approximate surface area is 164 Å². The van der Waals surface area contributed by atoms with Gasteiger partial charge in [-0.25, -0.2) is 0 Å². The molecule has 1 aliphatic heterocycles. The van der Waals surface area contributed by atoms with E-state index in [-0.39, 0.29) is 35.8 Å². The van der Waals surface area contributed by atoms with E-state index < -0.39 is 5.54 Å². The van der Waals surface area contributed by atoms with Crippen molar-refractivity contribution in [1.82, 2.24) is 15.3 Å². The van der Waals surface area contributed by atoms with Gasteiger partial charge in [0, 0.05) is 12.1 Å². The second kappa shape index (κ2) is 7.84. The van der Waals surface area contributed by atoms with Crippen molar-refractivity contribution in [2.24, 2.45) is 0 Å². The molecule has 3 N–H and O–H groups in total. The molecule has 0 spiro atoms. The number of benzene rings is 1. The molecule has 1 aromatic heterocycles. The van der Waals surface area contributed by atoms with E-state index in [1.165, 1.54) is 0 Å². The molecule has 148 valence electrons. The second-order valence-electron chi connectivity index (χ2n) is 7.29. The molecule has 2 aromatic rings. The van der Waals surface area contributed by atoms with Crippen LogP contribution in [0.25, 0.3) is 0 Å². The van der Waals surface area contributed by atoms with Gasteiger partial charge in [0.15, 0.2) is 18.3 Å². The molecular formula is C20H25N5O3. The fourth-order valence-corrected chi connectivity index (χ4v) is 2.90. The highest BCUT2D eigenvalue weighted by Gasteiger charge is 2.30. The third-order valence-corrected chi connectivity index (χ3v) is 4.42. The summed E-state index contributed by atoms with van der Waals surface area (Å²) in [6.45, 7) is 7.54. The van der Waals surface area contributed by atoms with E-state index in [0.717, 1.165) is 17.7 Å². The maximum atomic E-state index is 12.4. The minimum absolute atomic E-state index is 0.0321. The van der Waals surface area contributed by atoms with Gasteiger partial charge >= 0.3 is 0 Å². The normalized spacial score (nSPS) is 13.2. The molecule has 0 saturated heterocycles. The van der Waals surface area contributed by atoms with Gasteiger partial charge in [0.25, 0.3) is 5.91 Å². The number of nitrogens with one attached hydrogen (secondary N) is 3. The molecule has 8 nitrogen and oxygen atoms in total. The lowest BCUT2D eigenvalue weighted by molar-refractivity contribution is -0.122. The third-order valence-electron chi connectivity index (χ3n) is 4.42. The average molecular weight is 383 g/mol. The summed E-state index contributed by atoms with van der Waals surface area (Å²) in [7, 11) is 0. The number of carbonyl (C=O) groups is 2. The summed E-state index contributed by atoms with van der Waals surface area (Å²) in [6.07, 6.45) is 1.22. The lowest BCUT2D eigenvalue weighted by atomic mass is 9.96. The number of ether oxygens (including phenoxy) is 1. The van der Waals surface area contributed by atoms with Gasteiger partial charge in [-0.2, -0.15) is 9.97 Å². The highest BCUT2D eigenvalue weighted by molar-refractivity contribution is 6.02. The number of anilines is 3. The summed E-state index contributed by atoms with van der Waals surface area (Å²) in [5.74, 6) is 0.453. The van der Waals surface area contributed by atoms with Crippen LogP contribution in [-0.4, -0.2) is 33.9 Å². The summed E-state index contributed by atoms with van der Waals surface area (Å²) >= 11 is 0. The van der Waals surface area contributed by atoms with Gasteiger partial charge < -0.3 is 20.7 Å². The molecule has 0 atom stereocenters. The molecule has 0 aliphatic carbocycles. The van der Waals surface area contributed by atoms with E-state index >= 15 is 0 Å². The Hall–Kier alpha value is -3.16. The molecule has 28 heavy (non-hydrogen) atoms. The molecule has 0 fully saturated rings. The lowest BCUT2D eigenvalue weighted by Gasteiger charge is -2.26. The highest BCUT2D eigenvalue weighted by Crippen LogP contribution is 2.30. The van der Waals surface area contributed by atoms with Crippen LogP contribution in [0.1, 0.15) is 49.5 Å². The number of nitrogens with zero attached hydrogens (tertiary/aromatic N) is 2. The lowest BCUT2D eigenvalue weighted by Crippen LogP contribution is -2.41. The van der Waals surface area contributed by atoms with Gasteiger partial charge in [-0.05, 0) is 44.9 Å². The highest BCUT2D eigenvalue weighted by atomic mass is 16.5. The maximum absolute atomic E-state index is 12.4. The van der Waals surface area contributed by atoms with Crippen LogP contribution in [0.2, 0.25) is 0 Å². The number of fused-ring (bicyclic) bond motifs is 1. The van der Waals surface area contributed by atoms with Gasteiger partial charge in [-0.15, -0.1) is 0 Å². The van der Waals surface area contributed by atoms with Gasteiger partial charge in [-0.3, -0.25) is 9.59 Å². The second-order valence-corrected chi connectivity index (χ2v) is 7.29. The molecule has 8 heteroatoms. The van der Waals surface area contributed by atoms with Crippen molar-refractivity contribution in [3.05, 3.63) is 35.4 Å². The standard InChI is InChI=1S/C20H25N5O3/c1-5-7-14(26)20(3,4)25-19-23-16(22-13-9-6-8-12(2)10-13)15-17(27)21-11-28-18(15)24-19/h6,8-10H,5,7,11H2,1-4H3,(H,21,27)(H2,22,23,24,25). The van der Waals surface area contributed by atoms with E-state index in [0.29, 0.717) is 12.2 Å². The van der Waals surface area contributed by atoms with E-state index in [9.17, 15) is 9.59 Å². The Morgan fingerprint density at radius 3 is 2.82 bits per heavy atom. The number of aryl methyl sites for hydroxylation is 1. The van der Waals surface area contributed by atoms with E-state index in [4.69, 9.17) is 4.74 Å². The van der Waals surface area contributed by atoms with Gasteiger partial charge in [0.2, 0.25) is 11.8 Å². The molecule has 0 unspecified atom stereocenters. The number of Topliss-reactive ketones (excluding diaryl/α,β-unsaturated/α-hetero) is 1. The number of hydrogen-bond donors (Lipinski definition) is 3. The predicted octanol–water partition coefficient (Wildman–Crippen LogP) is 3.17. The molecule has 2 heterocycles. The van der Waals surface area contributed by atoms with Crippen molar-refractivity contribution < 1.29 is 14.3 Å². The molecule has 0 saturated carbocycles. The van der Waals surface area contributed by atoms with Crippen molar-refractivity contribution in [2.75, 3.05) is 17.4 Å². The molecule has 3 rings (SSSR count). The zero-order valence-corrected chi connectivity index (χ0v) is 16.5. The number of amides is 1. The predicted molar refractivity (Wildman–Crippen MR) is 107 cm³/mol. The first-order chi connectivity index (χ1) is 13.3. The monoisotopic (exact) mass is 383 g/mol. The smallest absolute Gasteiger partial charge is 0.263 e. The van der Waals surface area contributed by atoms with Gasteiger partial charge in [0.05, 0.1) is 5.54 Å². The summed E-state index contributed by atoms with van der Waals surface area (Å²) in [4.78, 5) is 33.5. The van der Waals surface area contributed by atoms with Crippen LogP contribution < -0.4 is 20.7 Å². The van der Waals surface area contributed by atoms with E-state index in [1.54, 1.807) is 13.8 Å². The molecule has 1 amide bonds. The largest absolute Gasteiger partial charge is 0.456 e. The first-order valence-corrected chi connectivity index (χ1v) is 9.28. The topological polar surface area (TPSA) is 105 Å². The Morgan fingerprint density at radius 2 is 2.11 bits per heavy atom. The number of ketones is 1. The Balaban J connectivity index is 1.99. The quantitative estimate of drug-likeness (QED) is 0.674. The van der Waals surface area contributed by atoms with E-state index in [1.807, 2.05) is 38.1 Å². The number of hydrogen-bond acceptors (Lipinski definition) is 7. The van der Waals surface area contributed by atoms with Crippen LogP contribution in [0.15, 0.2) is 24.3 Å². The van der Waals surface area contributed by atoms with Crippen molar-refractivity contribution in [2.45, 2.75) is 46.1 Å². The fourth-order valence-electron chi connectivity index (χ4n) is 2.90. The Morgan fingerprint density at radius 1 is 1.32 bits per heavy atom. The summed E-state index contributed by atoms with van der Waals surface area (Å²) in [5, 5.41) is 8.87. The zero-order valence-electron chi connectivity index (χ0n) is 16.5. The van der Waals surface area contributed by atoms with Crippen LogP contribution in [0.4, 0.5) is 17.5 Å². The average Bonchev–Trinajstić information content (AvgIpc) is 2.61. The molecular weight excluding hydrogens is 358 g/mol. The minimum Gasteiger partial charge on any atom is -0.456 e.